The highest BCUT2D eigenvalue weighted by Gasteiger charge is 2.00. The molecule has 0 spiro atoms. The number of rotatable bonds is 9. The maximum absolute atomic E-state index is 10.1. The third kappa shape index (κ3) is 11.8. The zero-order chi connectivity index (χ0) is 16.8. The average Bonchev–Trinajstić information content (AvgIpc) is 2.48. The Morgan fingerprint density at radius 2 is 1.50 bits per heavy atom. The van der Waals surface area contributed by atoms with Crippen LogP contribution in [0.4, 0.5) is 0 Å². The van der Waals surface area contributed by atoms with E-state index in [1.807, 2.05) is 0 Å². The van der Waals surface area contributed by atoms with E-state index >= 15 is 0 Å². The molecule has 0 radical (unpaired) electrons. The second-order valence-corrected chi connectivity index (χ2v) is 5.61. The van der Waals surface area contributed by atoms with Gasteiger partial charge < -0.3 is 25.2 Å². The number of thioether (sulfide) groups is 1. The fourth-order valence-electron chi connectivity index (χ4n) is 1.43. The lowest BCUT2D eigenvalue weighted by atomic mass is 10.4. The number of aliphatic hydroxyl groups is 3. The van der Waals surface area contributed by atoms with E-state index < -0.39 is 5.97 Å². The molecule has 3 N–H and O–H groups in total. The number of hydrogen-bond donors (Lipinski definition) is 3. The summed E-state index contributed by atoms with van der Waals surface area (Å²) in [5, 5.41) is 36.2. The van der Waals surface area contributed by atoms with Gasteiger partial charge in [-0.05, 0) is 24.3 Å². The molecular weight excluding hydrogens is 330 g/mol. The summed E-state index contributed by atoms with van der Waals surface area (Å²) in [6.07, 6.45) is 0. The first-order valence-electron chi connectivity index (χ1n) is 6.66. The second kappa shape index (κ2) is 13.8. The number of carbonyl (C=O) groups is 1. The molecule has 0 fully saturated rings. The van der Waals surface area contributed by atoms with Crippen LogP contribution in [0.15, 0.2) is 29.2 Å². The predicted octanol–water partition coefficient (Wildman–Crippen LogP) is -0.553. The Balaban J connectivity index is 0.000000409. The van der Waals surface area contributed by atoms with E-state index in [0.717, 1.165) is 4.90 Å². The zero-order valence-corrected chi connectivity index (χ0v) is 13.7. The van der Waals surface area contributed by atoms with E-state index in [-0.39, 0.29) is 25.6 Å². The SMILES string of the molecule is O=C([O-])CSc1ccc(Cl)cc1.OCCN(CCO)CCO. The van der Waals surface area contributed by atoms with Gasteiger partial charge in [0.1, 0.15) is 0 Å². The van der Waals surface area contributed by atoms with Gasteiger partial charge in [-0.15, -0.1) is 11.8 Å². The van der Waals surface area contributed by atoms with Crippen molar-refractivity contribution in [3.63, 3.8) is 0 Å². The summed E-state index contributed by atoms with van der Waals surface area (Å²) >= 11 is 6.85. The van der Waals surface area contributed by atoms with Crippen molar-refractivity contribution in [2.45, 2.75) is 4.90 Å². The summed E-state index contributed by atoms with van der Waals surface area (Å²) in [6, 6.07) is 6.99. The number of aliphatic carboxylic acids is 1. The van der Waals surface area contributed by atoms with Crippen LogP contribution >= 0.6 is 23.4 Å². The largest absolute Gasteiger partial charge is 0.549 e. The smallest absolute Gasteiger partial charge is 0.0558 e. The number of nitrogens with zero attached hydrogens (tertiary/aromatic N) is 1. The lowest BCUT2D eigenvalue weighted by molar-refractivity contribution is -0.301. The molecule has 126 valence electrons. The minimum atomic E-state index is -1.06. The third-order valence-corrected chi connectivity index (χ3v) is 3.66. The molecule has 8 heteroatoms. The Morgan fingerprint density at radius 1 is 1.05 bits per heavy atom. The molecule has 0 aliphatic heterocycles. The monoisotopic (exact) mass is 350 g/mol. The van der Waals surface area contributed by atoms with Gasteiger partial charge in [0, 0.05) is 35.3 Å². The molecule has 1 aromatic carbocycles. The summed E-state index contributed by atoms with van der Waals surface area (Å²) < 4.78 is 0. The summed E-state index contributed by atoms with van der Waals surface area (Å²) in [5.41, 5.74) is 0. The number of carbonyl (C=O) groups excluding carboxylic acids is 1. The van der Waals surface area contributed by atoms with Gasteiger partial charge in [-0.3, -0.25) is 4.90 Å². The highest BCUT2D eigenvalue weighted by molar-refractivity contribution is 8.00. The summed E-state index contributed by atoms with van der Waals surface area (Å²) in [5.74, 6) is -1.09. The quantitative estimate of drug-likeness (QED) is 0.513. The maximum Gasteiger partial charge on any atom is 0.0558 e. The molecule has 22 heavy (non-hydrogen) atoms. The molecule has 0 amide bonds. The van der Waals surface area contributed by atoms with Crippen LogP contribution in [0.5, 0.6) is 0 Å². The van der Waals surface area contributed by atoms with Gasteiger partial charge in [-0.2, -0.15) is 0 Å². The van der Waals surface area contributed by atoms with Gasteiger partial charge in [-0.25, -0.2) is 0 Å². The van der Waals surface area contributed by atoms with Gasteiger partial charge in [-0.1, -0.05) is 11.6 Å². The first kappa shape index (κ1) is 21.2. The molecule has 0 atom stereocenters. The molecule has 0 aromatic heterocycles. The van der Waals surface area contributed by atoms with E-state index in [0.29, 0.717) is 24.7 Å². The Labute approximate surface area is 139 Å². The van der Waals surface area contributed by atoms with Crippen molar-refractivity contribution in [2.75, 3.05) is 45.2 Å². The van der Waals surface area contributed by atoms with Gasteiger partial charge in [0.2, 0.25) is 0 Å². The molecule has 1 rings (SSSR count). The highest BCUT2D eigenvalue weighted by Crippen LogP contribution is 2.19. The summed E-state index contributed by atoms with van der Waals surface area (Å²) in [6.45, 7) is 1.75. The Morgan fingerprint density at radius 3 is 1.86 bits per heavy atom. The van der Waals surface area contributed by atoms with E-state index in [9.17, 15) is 9.90 Å². The normalized spacial score (nSPS) is 10.2. The minimum Gasteiger partial charge on any atom is -0.549 e. The second-order valence-electron chi connectivity index (χ2n) is 4.13. The van der Waals surface area contributed by atoms with Crippen molar-refractivity contribution in [1.29, 1.82) is 0 Å². The number of hydrogen-bond acceptors (Lipinski definition) is 7. The predicted molar refractivity (Wildman–Crippen MR) is 84.9 cm³/mol. The van der Waals surface area contributed by atoms with Crippen molar-refractivity contribution in [3.05, 3.63) is 29.3 Å². The molecule has 0 aliphatic carbocycles. The molecule has 0 aliphatic rings. The van der Waals surface area contributed by atoms with Gasteiger partial charge in [0.05, 0.1) is 25.8 Å². The molecule has 0 saturated heterocycles. The highest BCUT2D eigenvalue weighted by atomic mass is 35.5. The fourth-order valence-corrected chi connectivity index (χ4v) is 2.17. The number of carboxylic acids is 1. The van der Waals surface area contributed by atoms with Crippen molar-refractivity contribution in [1.82, 2.24) is 4.90 Å². The molecule has 6 nitrogen and oxygen atoms in total. The lowest BCUT2D eigenvalue weighted by Gasteiger charge is -2.17. The number of benzene rings is 1. The molecule has 0 saturated carbocycles. The van der Waals surface area contributed by atoms with E-state index in [4.69, 9.17) is 26.9 Å². The topological polar surface area (TPSA) is 104 Å². The van der Waals surface area contributed by atoms with Crippen molar-refractivity contribution < 1.29 is 25.2 Å². The van der Waals surface area contributed by atoms with Crippen LogP contribution in [0.25, 0.3) is 0 Å². The van der Waals surface area contributed by atoms with Gasteiger partial charge in [0.25, 0.3) is 0 Å². The Hall–Kier alpha value is -0.830. The van der Waals surface area contributed by atoms with Crippen LogP contribution < -0.4 is 5.11 Å². The average molecular weight is 351 g/mol. The minimum absolute atomic E-state index is 0.0262. The van der Waals surface area contributed by atoms with Crippen LogP contribution in [0.3, 0.4) is 0 Å². The van der Waals surface area contributed by atoms with Crippen LogP contribution in [0.1, 0.15) is 0 Å². The Bertz CT molecular complexity index is 390. The summed E-state index contributed by atoms with van der Waals surface area (Å²) in [4.78, 5) is 12.8. The summed E-state index contributed by atoms with van der Waals surface area (Å²) in [7, 11) is 0. The van der Waals surface area contributed by atoms with E-state index in [2.05, 4.69) is 0 Å². The molecule has 1 aromatic rings. The molecule has 0 unspecified atom stereocenters. The van der Waals surface area contributed by atoms with Crippen LogP contribution in [0, 0.1) is 0 Å². The number of carboxylic acid groups (broad SMARTS) is 1. The zero-order valence-electron chi connectivity index (χ0n) is 12.2. The standard InChI is InChI=1S/C8H7ClO2S.C6H15NO3/c9-6-1-3-7(4-2-6)12-5-8(10)11;8-4-1-7(2-5-9)3-6-10/h1-4H,5H2,(H,10,11);8-10H,1-6H2/p-1. The molecule has 0 heterocycles. The van der Waals surface area contributed by atoms with Crippen molar-refractivity contribution in [3.8, 4) is 0 Å². The van der Waals surface area contributed by atoms with Gasteiger partial charge >= 0.3 is 0 Å². The first-order valence-corrected chi connectivity index (χ1v) is 8.03. The Kier molecular flexibility index (Phi) is 13.3. The van der Waals surface area contributed by atoms with E-state index in [1.54, 1.807) is 29.2 Å². The maximum atomic E-state index is 10.1. The van der Waals surface area contributed by atoms with Crippen LogP contribution in [-0.4, -0.2) is 71.4 Å². The number of aliphatic hydroxyl groups excluding tert-OH is 3. The third-order valence-electron chi connectivity index (χ3n) is 2.42. The van der Waals surface area contributed by atoms with Gasteiger partial charge in [0.15, 0.2) is 0 Å². The van der Waals surface area contributed by atoms with Crippen LogP contribution in [0.2, 0.25) is 5.02 Å². The first-order chi connectivity index (χ1) is 10.5. The van der Waals surface area contributed by atoms with Crippen molar-refractivity contribution in [2.24, 2.45) is 0 Å². The fraction of sp³-hybridized carbons (Fsp3) is 0.500. The van der Waals surface area contributed by atoms with E-state index in [1.165, 1.54) is 11.8 Å². The number of halogens is 1. The van der Waals surface area contributed by atoms with Crippen molar-refractivity contribution >= 4 is 29.3 Å². The molecule has 0 bridgehead atoms. The van der Waals surface area contributed by atoms with Crippen LogP contribution in [-0.2, 0) is 4.79 Å². The molecular formula is C14H21ClNO5S-. The lowest BCUT2D eigenvalue weighted by Crippen LogP contribution is -2.32.